The molecule has 0 aliphatic carbocycles. The summed E-state index contributed by atoms with van der Waals surface area (Å²) in [5, 5.41) is 20.1. The van der Waals surface area contributed by atoms with Crippen LogP contribution >= 0.6 is 0 Å². The first kappa shape index (κ1) is 24.2. The quantitative estimate of drug-likeness (QED) is 0.315. The topological polar surface area (TPSA) is 147 Å². The average Bonchev–Trinajstić information content (AvgIpc) is 3.31. The molecular weight excluding hydrogens is 447 g/mol. The number of carboxylic acid groups (broad SMARTS) is 1. The van der Waals surface area contributed by atoms with Crippen molar-refractivity contribution in [2.24, 2.45) is 0 Å². The van der Waals surface area contributed by atoms with Crippen LogP contribution in [0.3, 0.4) is 0 Å². The summed E-state index contributed by atoms with van der Waals surface area (Å²) in [6.45, 7) is 0.0139. The van der Waals surface area contributed by atoms with Crippen LogP contribution in [0.1, 0.15) is 12.8 Å². The zero-order valence-electron chi connectivity index (χ0n) is 18.0. The van der Waals surface area contributed by atoms with Crippen LogP contribution < -0.4 is 20.7 Å². The molecule has 0 radical (unpaired) electrons. The molecule has 1 aromatic heterocycles. The van der Waals surface area contributed by atoms with Gasteiger partial charge in [-0.2, -0.15) is 5.10 Å². The standard InChI is InChI=1S/C22H23FN6O5/c23-15-3-7-17(8-4-15)34-18-9-5-16(6-10-18)27-21(31)19(2-1-11-25-22(32)33)28-20(30)12-29-14-24-13-26-29/h3-10,13-14,19,25H,1-2,11-12H2,(H,27,31)(H,28,30)(H,32,33). The van der Waals surface area contributed by atoms with Gasteiger partial charge in [-0.1, -0.05) is 0 Å². The van der Waals surface area contributed by atoms with Crippen LogP contribution in [0.25, 0.3) is 0 Å². The highest BCUT2D eigenvalue weighted by Crippen LogP contribution is 2.23. The van der Waals surface area contributed by atoms with Crippen LogP contribution in [0, 0.1) is 5.82 Å². The molecule has 0 bridgehead atoms. The number of anilines is 1. The molecule has 1 unspecified atom stereocenters. The van der Waals surface area contributed by atoms with E-state index in [2.05, 4.69) is 26.0 Å². The van der Waals surface area contributed by atoms with E-state index in [9.17, 15) is 18.8 Å². The van der Waals surface area contributed by atoms with Crippen molar-refractivity contribution in [1.29, 1.82) is 0 Å². The molecule has 3 amide bonds. The lowest BCUT2D eigenvalue weighted by atomic mass is 10.1. The lowest BCUT2D eigenvalue weighted by Crippen LogP contribution is -2.45. The fourth-order valence-electron chi connectivity index (χ4n) is 2.95. The molecule has 0 aliphatic heterocycles. The van der Waals surface area contributed by atoms with Gasteiger partial charge in [-0.3, -0.25) is 9.59 Å². The van der Waals surface area contributed by atoms with Crippen LogP contribution in [-0.4, -0.2) is 50.4 Å². The number of halogens is 1. The minimum Gasteiger partial charge on any atom is -0.465 e. The molecule has 34 heavy (non-hydrogen) atoms. The number of carbonyl (C=O) groups is 3. The number of rotatable bonds is 11. The van der Waals surface area contributed by atoms with Crippen molar-refractivity contribution in [3.05, 3.63) is 67.0 Å². The molecule has 1 atom stereocenters. The Bertz CT molecular complexity index is 1090. The third-order valence-electron chi connectivity index (χ3n) is 4.54. The molecule has 0 fully saturated rings. The second-order valence-corrected chi connectivity index (χ2v) is 7.16. The van der Waals surface area contributed by atoms with E-state index in [1.807, 2.05) is 0 Å². The Hall–Kier alpha value is -4.48. The van der Waals surface area contributed by atoms with E-state index in [1.54, 1.807) is 24.3 Å². The first-order valence-corrected chi connectivity index (χ1v) is 10.3. The monoisotopic (exact) mass is 470 g/mol. The molecule has 0 spiro atoms. The first-order chi connectivity index (χ1) is 16.4. The Labute approximate surface area is 193 Å². The molecule has 4 N–H and O–H groups in total. The molecule has 1 heterocycles. The second kappa shape index (κ2) is 11.9. The van der Waals surface area contributed by atoms with Gasteiger partial charge in [0, 0.05) is 12.2 Å². The summed E-state index contributed by atoms with van der Waals surface area (Å²) in [6.07, 6.45) is 2.04. The van der Waals surface area contributed by atoms with E-state index >= 15 is 0 Å². The lowest BCUT2D eigenvalue weighted by molar-refractivity contribution is -0.127. The van der Waals surface area contributed by atoms with Crippen molar-refractivity contribution >= 4 is 23.6 Å². The van der Waals surface area contributed by atoms with E-state index in [0.717, 1.165) is 0 Å². The molecule has 3 aromatic rings. The van der Waals surface area contributed by atoms with Crippen LogP contribution in [0.4, 0.5) is 14.9 Å². The summed E-state index contributed by atoms with van der Waals surface area (Å²) in [4.78, 5) is 39.5. The van der Waals surface area contributed by atoms with Gasteiger partial charge >= 0.3 is 6.09 Å². The Morgan fingerprint density at radius 1 is 1.06 bits per heavy atom. The fourth-order valence-corrected chi connectivity index (χ4v) is 2.95. The summed E-state index contributed by atoms with van der Waals surface area (Å²) in [7, 11) is 0. The van der Waals surface area contributed by atoms with Crippen molar-refractivity contribution in [1.82, 2.24) is 25.4 Å². The Kier molecular flexibility index (Phi) is 8.49. The fraction of sp³-hybridized carbons (Fsp3) is 0.227. The highest BCUT2D eigenvalue weighted by Gasteiger charge is 2.21. The van der Waals surface area contributed by atoms with Crippen LogP contribution in [0.5, 0.6) is 11.5 Å². The van der Waals surface area contributed by atoms with Gasteiger partial charge in [-0.05, 0) is 61.4 Å². The first-order valence-electron chi connectivity index (χ1n) is 10.3. The molecular formula is C22H23FN6O5. The number of nitrogens with one attached hydrogen (secondary N) is 3. The van der Waals surface area contributed by atoms with Gasteiger partial charge in [0.25, 0.3) is 0 Å². The summed E-state index contributed by atoms with van der Waals surface area (Å²) >= 11 is 0. The third-order valence-corrected chi connectivity index (χ3v) is 4.54. The number of hydrogen-bond acceptors (Lipinski definition) is 6. The number of benzene rings is 2. The maximum atomic E-state index is 13.0. The van der Waals surface area contributed by atoms with E-state index < -0.39 is 23.9 Å². The van der Waals surface area contributed by atoms with Gasteiger partial charge in [0.2, 0.25) is 11.8 Å². The highest BCUT2D eigenvalue weighted by atomic mass is 19.1. The van der Waals surface area contributed by atoms with Crippen molar-refractivity contribution in [3.63, 3.8) is 0 Å². The molecule has 178 valence electrons. The maximum Gasteiger partial charge on any atom is 0.404 e. The Morgan fingerprint density at radius 3 is 2.35 bits per heavy atom. The van der Waals surface area contributed by atoms with E-state index in [4.69, 9.17) is 9.84 Å². The molecule has 2 aromatic carbocycles. The zero-order chi connectivity index (χ0) is 24.3. The van der Waals surface area contributed by atoms with Crippen LogP contribution in [0.2, 0.25) is 0 Å². The largest absolute Gasteiger partial charge is 0.465 e. The number of aromatic nitrogens is 3. The van der Waals surface area contributed by atoms with Gasteiger partial charge in [-0.15, -0.1) is 0 Å². The summed E-state index contributed by atoms with van der Waals surface area (Å²) in [5.41, 5.74) is 0.468. The number of carbonyl (C=O) groups excluding carboxylic acids is 2. The van der Waals surface area contributed by atoms with Crippen molar-refractivity contribution in [2.45, 2.75) is 25.4 Å². The van der Waals surface area contributed by atoms with Crippen molar-refractivity contribution in [2.75, 3.05) is 11.9 Å². The molecule has 12 heteroatoms. The van der Waals surface area contributed by atoms with Crippen molar-refractivity contribution in [3.8, 4) is 11.5 Å². The summed E-state index contributed by atoms with van der Waals surface area (Å²) in [6, 6.07) is 11.2. The average molecular weight is 470 g/mol. The highest BCUT2D eigenvalue weighted by molar-refractivity contribution is 5.97. The summed E-state index contributed by atoms with van der Waals surface area (Å²) in [5.74, 6) is -0.327. The zero-order valence-corrected chi connectivity index (χ0v) is 18.0. The third kappa shape index (κ3) is 7.89. The lowest BCUT2D eigenvalue weighted by Gasteiger charge is -2.19. The number of amides is 3. The second-order valence-electron chi connectivity index (χ2n) is 7.16. The normalized spacial score (nSPS) is 11.3. The SMILES string of the molecule is O=C(O)NCCCC(NC(=O)Cn1cncn1)C(=O)Nc1ccc(Oc2ccc(F)cc2)cc1. The Balaban J connectivity index is 1.58. The predicted molar refractivity (Wildman–Crippen MR) is 119 cm³/mol. The molecule has 0 saturated carbocycles. The van der Waals surface area contributed by atoms with Gasteiger partial charge in [0.1, 0.15) is 42.6 Å². The molecule has 11 nitrogen and oxygen atoms in total. The smallest absolute Gasteiger partial charge is 0.404 e. The molecule has 0 aliphatic rings. The van der Waals surface area contributed by atoms with Gasteiger partial charge < -0.3 is 25.8 Å². The summed E-state index contributed by atoms with van der Waals surface area (Å²) < 4.78 is 20.0. The van der Waals surface area contributed by atoms with Crippen molar-refractivity contribution < 1.29 is 28.6 Å². The van der Waals surface area contributed by atoms with Gasteiger partial charge in [0.05, 0.1) is 0 Å². The van der Waals surface area contributed by atoms with E-state index in [1.165, 1.54) is 41.6 Å². The van der Waals surface area contributed by atoms with E-state index in [-0.39, 0.29) is 25.3 Å². The minimum absolute atomic E-state index is 0.118. The predicted octanol–water partition coefficient (Wildman–Crippen LogP) is 2.38. The van der Waals surface area contributed by atoms with E-state index in [0.29, 0.717) is 23.6 Å². The molecule has 0 saturated heterocycles. The van der Waals surface area contributed by atoms with Crippen LogP contribution in [-0.2, 0) is 16.1 Å². The maximum absolute atomic E-state index is 13.0. The Morgan fingerprint density at radius 2 is 1.74 bits per heavy atom. The molecule has 3 rings (SSSR count). The van der Waals surface area contributed by atoms with Crippen LogP contribution in [0.15, 0.2) is 61.2 Å². The minimum atomic E-state index is -1.17. The van der Waals surface area contributed by atoms with Gasteiger partial charge in [-0.25, -0.2) is 18.9 Å². The number of nitrogens with zero attached hydrogens (tertiary/aromatic N) is 3. The number of hydrogen-bond donors (Lipinski definition) is 4. The van der Waals surface area contributed by atoms with Gasteiger partial charge in [0.15, 0.2) is 0 Å². The number of ether oxygens (including phenoxy) is 1.